The van der Waals surface area contributed by atoms with Crippen LogP contribution in [0.2, 0.25) is 0 Å². The third kappa shape index (κ3) is 4.35. The van der Waals surface area contributed by atoms with Crippen LogP contribution >= 0.6 is 0 Å². The molecule has 0 bridgehead atoms. The SMILES string of the molecule is CCOC(=O)c1cc(OC)c(OCCCn2ccnn2)cc1N. The normalized spacial score (nSPS) is 10.3. The number of esters is 1. The zero-order valence-electron chi connectivity index (χ0n) is 13.2. The maximum atomic E-state index is 11.8. The van der Waals surface area contributed by atoms with Crippen molar-refractivity contribution in [3.63, 3.8) is 0 Å². The maximum absolute atomic E-state index is 11.8. The fourth-order valence-electron chi connectivity index (χ4n) is 1.99. The Balaban J connectivity index is 2.00. The van der Waals surface area contributed by atoms with Gasteiger partial charge in [0.2, 0.25) is 0 Å². The number of aryl methyl sites for hydroxylation is 1. The molecule has 0 atom stereocenters. The fraction of sp³-hybridized carbons (Fsp3) is 0.400. The van der Waals surface area contributed by atoms with E-state index in [0.717, 1.165) is 6.42 Å². The molecule has 0 amide bonds. The summed E-state index contributed by atoms with van der Waals surface area (Å²) in [5.41, 5.74) is 6.45. The second-order valence-electron chi connectivity index (χ2n) is 4.68. The van der Waals surface area contributed by atoms with E-state index in [1.54, 1.807) is 30.1 Å². The van der Waals surface area contributed by atoms with Crippen molar-refractivity contribution in [3.8, 4) is 11.5 Å². The van der Waals surface area contributed by atoms with Crippen LogP contribution in [-0.2, 0) is 11.3 Å². The van der Waals surface area contributed by atoms with E-state index in [2.05, 4.69) is 10.3 Å². The van der Waals surface area contributed by atoms with Crippen molar-refractivity contribution in [2.45, 2.75) is 19.9 Å². The second-order valence-corrected chi connectivity index (χ2v) is 4.68. The first-order valence-corrected chi connectivity index (χ1v) is 7.27. The molecule has 23 heavy (non-hydrogen) atoms. The number of rotatable bonds is 8. The van der Waals surface area contributed by atoms with Crippen molar-refractivity contribution >= 4 is 11.7 Å². The van der Waals surface area contributed by atoms with Gasteiger partial charge in [-0.05, 0) is 6.92 Å². The summed E-state index contributed by atoms with van der Waals surface area (Å²) >= 11 is 0. The maximum Gasteiger partial charge on any atom is 0.340 e. The lowest BCUT2D eigenvalue weighted by molar-refractivity contribution is 0.0527. The third-order valence-electron chi connectivity index (χ3n) is 3.09. The molecule has 2 rings (SSSR count). The van der Waals surface area contributed by atoms with Crippen LogP contribution in [0.25, 0.3) is 0 Å². The summed E-state index contributed by atoms with van der Waals surface area (Å²) < 4.78 is 17.6. The van der Waals surface area contributed by atoms with Crippen LogP contribution in [0.4, 0.5) is 5.69 Å². The topological polar surface area (TPSA) is 101 Å². The van der Waals surface area contributed by atoms with Gasteiger partial charge in [0.05, 0.1) is 37.8 Å². The van der Waals surface area contributed by atoms with Crippen LogP contribution in [0.15, 0.2) is 24.5 Å². The van der Waals surface area contributed by atoms with E-state index < -0.39 is 5.97 Å². The molecular weight excluding hydrogens is 300 g/mol. The number of hydrogen-bond donors (Lipinski definition) is 1. The largest absolute Gasteiger partial charge is 0.493 e. The van der Waals surface area contributed by atoms with Crippen LogP contribution < -0.4 is 15.2 Å². The first-order chi connectivity index (χ1) is 11.2. The van der Waals surface area contributed by atoms with E-state index in [1.807, 2.05) is 0 Å². The number of nitrogen functional groups attached to an aromatic ring is 1. The van der Waals surface area contributed by atoms with Gasteiger partial charge in [-0.2, -0.15) is 0 Å². The fourth-order valence-corrected chi connectivity index (χ4v) is 1.99. The number of ether oxygens (including phenoxy) is 3. The second kappa shape index (κ2) is 8.02. The number of anilines is 1. The molecule has 0 fully saturated rings. The third-order valence-corrected chi connectivity index (χ3v) is 3.09. The number of aromatic nitrogens is 3. The zero-order chi connectivity index (χ0) is 16.7. The molecule has 0 spiro atoms. The number of carbonyl (C=O) groups is 1. The lowest BCUT2D eigenvalue weighted by Gasteiger charge is -2.14. The van der Waals surface area contributed by atoms with Gasteiger partial charge >= 0.3 is 5.97 Å². The smallest absolute Gasteiger partial charge is 0.340 e. The van der Waals surface area contributed by atoms with Gasteiger partial charge in [-0.25, -0.2) is 4.79 Å². The minimum atomic E-state index is -0.485. The number of nitrogens with zero attached hydrogens (tertiary/aromatic N) is 3. The van der Waals surface area contributed by atoms with E-state index in [-0.39, 0.29) is 17.9 Å². The molecule has 0 radical (unpaired) electrons. The Bertz CT molecular complexity index is 643. The van der Waals surface area contributed by atoms with E-state index in [0.29, 0.717) is 24.7 Å². The summed E-state index contributed by atoms with van der Waals surface area (Å²) in [5.74, 6) is 0.431. The molecule has 8 nitrogen and oxygen atoms in total. The van der Waals surface area contributed by atoms with Gasteiger partial charge in [0.1, 0.15) is 0 Å². The molecule has 0 aliphatic carbocycles. The van der Waals surface area contributed by atoms with E-state index in [4.69, 9.17) is 19.9 Å². The quantitative estimate of drug-likeness (QED) is 0.447. The standard InChI is InChI=1S/C15H20N4O4/c1-3-22-15(20)11-9-13(21-2)14(10-12(11)16)23-8-4-6-19-7-5-17-18-19/h5,7,9-10H,3-4,6,8,16H2,1-2H3. The van der Waals surface area contributed by atoms with Crippen LogP contribution in [-0.4, -0.2) is 41.3 Å². The lowest BCUT2D eigenvalue weighted by atomic mass is 10.1. The Morgan fingerprint density at radius 2 is 2.17 bits per heavy atom. The number of benzene rings is 1. The average Bonchev–Trinajstić information content (AvgIpc) is 3.05. The molecule has 124 valence electrons. The Labute approximate surface area is 134 Å². The summed E-state index contributed by atoms with van der Waals surface area (Å²) in [6.07, 6.45) is 4.15. The molecule has 2 N–H and O–H groups in total. The van der Waals surface area contributed by atoms with E-state index >= 15 is 0 Å². The Morgan fingerprint density at radius 1 is 1.35 bits per heavy atom. The van der Waals surface area contributed by atoms with Crippen molar-refractivity contribution in [2.75, 3.05) is 26.1 Å². The molecule has 1 heterocycles. The zero-order valence-corrected chi connectivity index (χ0v) is 13.2. The lowest BCUT2D eigenvalue weighted by Crippen LogP contribution is -2.10. The summed E-state index contributed by atoms with van der Waals surface area (Å²) in [5, 5.41) is 7.60. The highest BCUT2D eigenvalue weighted by atomic mass is 16.5. The van der Waals surface area contributed by atoms with Gasteiger partial charge < -0.3 is 19.9 Å². The average molecular weight is 320 g/mol. The number of methoxy groups -OCH3 is 1. The van der Waals surface area contributed by atoms with E-state index in [9.17, 15) is 4.79 Å². The summed E-state index contributed by atoms with van der Waals surface area (Å²) in [6, 6.07) is 3.10. The van der Waals surface area contributed by atoms with Crippen LogP contribution in [0.5, 0.6) is 11.5 Å². The van der Waals surface area contributed by atoms with Gasteiger partial charge in [0, 0.05) is 31.3 Å². The summed E-state index contributed by atoms with van der Waals surface area (Å²) in [4.78, 5) is 11.8. The number of carbonyl (C=O) groups excluding carboxylic acids is 1. The van der Waals surface area contributed by atoms with Crippen molar-refractivity contribution in [1.29, 1.82) is 0 Å². The van der Waals surface area contributed by atoms with Crippen molar-refractivity contribution in [3.05, 3.63) is 30.1 Å². The molecule has 1 aromatic heterocycles. The Hall–Kier alpha value is -2.77. The molecule has 1 aromatic carbocycles. The van der Waals surface area contributed by atoms with E-state index in [1.165, 1.54) is 13.2 Å². The molecule has 2 aromatic rings. The van der Waals surface area contributed by atoms with Crippen molar-refractivity contribution in [2.24, 2.45) is 0 Å². The minimum absolute atomic E-state index is 0.263. The summed E-state index contributed by atoms with van der Waals surface area (Å²) in [6.45, 7) is 3.16. The van der Waals surface area contributed by atoms with Crippen LogP contribution in [0.3, 0.4) is 0 Å². The number of hydrogen-bond acceptors (Lipinski definition) is 7. The molecule has 0 aliphatic rings. The van der Waals surface area contributed by atoms with Gasteiger partial charge in [0.25, 0.3) is 0 Å². The predicted octanol–water partition coefficient (Wildman–Crippen LogP) is 1.51. The number of nitrogens with two attached hydrogens (primary N) is 1. The first-order valence-electron chi connectivity index (χ1n) is 7.27. The van der Waals surface area contributed by atoms with Crippen molar-refractivity contribution in [1.82, 2.24) is 15.0 Å². The monoisotopic (exact) mass is 320 g/mol. The molecule has 8 heteroatoms. The highest BCUT2D eigenvalue weighted by Crippen LogP contribution is 2.32. The van der Waals surface area contributed by atoms with Crippen LogP contribution in [0.1, 0.15) is 23.7 Å². The van der Waals surface area contributed by atoms with Gasteiger partial charge in [-0.1, -0.05) is 5.21 Å². The predicted molar refractivity (Wildman–Crippen MR) is 83.5 cm³/mol. The van der Waals surface area contributed by atoms with Crippen molar-refractivity contribution < 1.29 is 19.0 Å². The molecule has 0 saturated carbocycles. The highest BCUT2D eigenvalue weighted by Gasteiger charge is 2.16. The summed E-state index contributed by atoms with van der Waals surface area (Å²) in [7, 11) is 1.50. The Kier molecular flexibility index (Phi) is 5.79. The van der Waals surface area contributed by atoms with Gasteiger partial charge in [-0.15, -0.1) is 5.10 Å². The molecule has 0 unspecified atom stereocenters. The molecule has 0 saturated heterocycles. The molecular formula is C15H20N4O4. The molecule has 0 aliphatic heterocycles. The first kappa shape index (κ1) is 16.6. The highest BCUT2D eigenvalue weighted by molar-refractivity contribution is 5.96. The van der Waals surface area contributed by atoms with Gasteiger partial charge in [0.15, 0.2) is 11.5 Å². The van der Waals surface area contributed by atoms with Gasteiger partial charge in [-0.3, -0.25) is 4.68 Å². The Morgan fingerprint density at radius 3 is 2.83 bits per heavy atom. The minimum Gasteiger partial charge on any atom is -0.493 e. The van der Waals surface area contributed by atoms with Crippen LogP contribution in [0, 0.1) is 0 Å².